The van der Waals surface area contributed by atoms with E-state index in [0.717, 1.165) is 23.5 Å². The summed E-state index contributed by atoms with van der Waals surface area (Å²) in [5.41, 5.74) is 0.575. The Kier molecular flexibility index (Phi) is 9.12. The highest BCUT2D eigenvalue weighted by Gasteiger charge is 2.11. The zero-order valence-electron chi connectivity index (χ0n) is 15.4. The number of thioether (sulfide) groups is 1. The topological polar surface area (TPSA) is 65.3 Å². The van der Waals surface area contributed by atoms with Crippen molar-refractivity contribution < 1.29 is 14.2 Å². The molecule has 144 valence electrons. The van der Waals surface area contributed by atoms with Gasteiger partial charge in [-0.25, -0.2) is 4.39 Å². The summed E-state index contributed by atoms with van der Waals surface area (Å²) in [5, 5.41) is 22.2. The van der Waals surface area contributed by atoms with Crippen LogP contribution in [0.1, 0.15) is 25.3 Å². The van der Waals surface area contributed by atoms with E-state index < -0.39 is 6.10 Å². The molecule has 0 spiro atoms. The van der Waals surface area contributed by atoms with Crippen molar-refractivity contribution in [2.75, 3.05) is 18.9 Å². The molecule has 6 heteroatoms. The third-order valence-corrected chi connectivity index (χ3v) is 5.12. The zero-order valence-corrected chi connectivity index (χ0v) is 16.2. The van der Waals surface area contributed by atoms with Crippen molar-refractivity contribution in [1.29, 1.82) is 5.26 Å². The molecular formula is C21H25FN2O2S. The number of hydrogen-bond donors (Lipinski definition) is 2. The first kappa shape index (κ1) is 21.2. The van der Waals surface area contributed by atoms with E-state index in [1.165, 1.54) is 6.07 Å². The van der Waals surface area contributed by atoms with E-state index >= 15 is 0 Å². The van der Waals surface area contributed by atoms with Gasteiger partial charge in [0, 0.05) is 17.5 Å². The number of benzene rings is 2. The third kappa shape index (κ3) is 8.00. The van der Waals surface area contributed by atoms with Crippen molar-refractivity contribution in [3.8, 4) is 11.8 Å². The number of ether oxygens (including phenoxy) is 1. The van der Waals surface area contributed by atoms with Crippen LogP contribution in [0.2, 0.25) is 0 Å². The Morgan fingerprint density at radius 3 is 2.70 bits per heavy atom. The van der Waals surface area contributed by atoms with Gasteiger partial charge < -0.3 is 15.2 Å². The molecule has 2 atom stereocenters. The Hall–Kier alpha value is -2.07. The standard InChI is InChI=1S/C21H25FN2O2S/c1-2-18(10-11-27-21-5-3-4-17(22)12-21)24-14-19(25)15-26-20-8-6-16(13-23)7-9-20/h3-9,12,18-19,24-25H,2,10-11,14-15H2,1H3. The molecule has 0 heterocycles. The molecule has 2 rings (SSSR count). The van der Waals surface area contributed by atoms with Crippen molar-refractivity contribution >= 4 is 11.8 Å². The number of aliphatic hydroxyl groups is 1. The average molecular weight is 389 g/mol. The van der Waals surface area contributed by atoms with Gasteiger partial charge >= 0.3 is 0 Å². The van der Waals surface area contributed by atoms with Crippen LogP contribution in [0.3, 0.4) is 0 Å². The molecular weight excluding hydrogens is 363 g/mol. The van der Waals surface area contributed by atoms with E-state index in [2.05, 4.69) is 18.3 Å². The normalized spacial score (nSPS) is 13.0. The molecule has 0 saturated carbocycles. The van der Waals surface area contributed by atoms with Crippen LogP contribution in [0.4, 0.5) is 4.39 Å². The summed E-state index contributed by atoms with van der Waals surface area (Å²) in [6.07, 6.45) is 1.26. The molecule has 2 aromatic carbocycles. The molecule has 0 aliphatic rings. The van der Waals surface area contributed by atoms with E-state index in [-0.39, 0.29) is 18.5 Å². The van der Waals surface area contributed by atoms with Crippen molar-refractivity contribution in [2.45, 2.75) is 36.8 Å². The van der Waals surface area contributed by atoms with Gasteiger partial charge in [-0.1, -0.05) is 13.0 Å². The van der Waals surface area contributed by atoms with Gasteiger partial charge in [0.2, 0.25) is 0 Å². The highest BCUT2D eigenvalue weighted by atomic mass is 32.2. The molecule has 4 nitrogen and oxygen atoms in total. The summed E-state index contributed by atoms with van der Waals surface area (Å²) in [6, 6.07) is 15.8. The lowest BCUT2D eigenvalue weighted by molar-refractivity contribution is 0.103. The van der Waals surface area contributed by atoms with Crippen molar-refractivity contribution in [3.05, 3.63) is 59.9 Å². The Morgan fingerprint density at radius 2 is 2.04 bits per heavy atom. The zero-order chi connectivity index (χ0) is 19.5. The molecule has 0 fully saturated rings. The molecule has 0 radical (unpaired) electrons. The Balaban J connectivity index is 1.65. The molecule has 0 aromatic heterocycles. The van der Waals surface area contributed by atoms with E-state index in [9.17, 15) is 9.50 Å². The molecule has 0 aliphatic heterocycles. The summed E-state index contributed by atoms with van der Waals surface area (Å²) in [4.78, 5) is 0.931. The van der Waals surface area contributed by atoms with Gasteiger partial charge in [0.1, 0.15) is 24.3 Å². The van der Waals surface area contributed by atoms with Gasteiger partial charge in [0.05, 0.1) is 11.6 Å². The van der Waals surface area contributed by atoms with Gasteiger partial charge in [-0.15, -0.1) is 11.8 Å². The molecule has 0 aliphatic carbocycles. The summed E-state index contributed by atoms with van der Waals surface area (Å²) in [7, 11) is 0. The van der Waals surface area contributed by atoms with Crippen LogP contribution < -0.4 is 10.1 Å². The van der Waals surface area contributed by atoms with Crippen LogP contribution in [0.25, 0.3) is 0 Å². The summed E-state index contributed by atoms with van der Waals surface area (Å²) in [5.74, 6) is 1.30. The van der Waals surface area contributed by atoms with E-state index in [1.54, 1.807) is 48.2 Å². The maximum absolute atomic E-state index is 13.2. The van der Waals surface area contributed by atoms with E-state index in [1.807, 2.05) is 6.07 Å². The van der Waals surface area contributed by atoms with Gasteiger partial charge in [-0.05, 0) is 61.1 Å². The molecule has 2 N–H and O–H groups in total. The maximum Gasteiger partial charge on any atom is 0.124 e. The Morgan fingerprint density at radius 1 is 1.26 bits per heavy atom. The number of halogens is 1. The lowest BCUT2D eigenvalue weighted by Gasteiger charge is -2.19. The van der Waals surface area contributed by atoms with Crippen LogP contribution in [0.5, 0.6) is 5.75 Å². The van der Waals surface area contributed by atoms with Gasteiger partial charge in [-0.3, -0.25) is 0 Å². The number of nitrogens with one attached hydrogen (secondary N) is 1. The SMILES string of the molecule is CCC(CCSc1cccc(F)c1)NCC(O)COc1ccc(C#N)cc1. The first-order chi connectivity index (χ1) is 13.1. The lowest BCUT2D eigenvalue weighted by Crippen LogP contribution is -2.38. The van der Waals surface area contributed by atoms with Crippen molar-refractivity contribution in [2.24, 2.45) is 0 Å². The molecule has 27 heavy (non-hydrogen) atoms. The number of nitrogens with zero attached hydrogens (tertiary/aromatic N) is 1. The fraction of sp³-hybridized carbons (Fsp3) is 0.381. The fourth-order valence-corrected chi connectivity index (χ4v) is 3.51. The van der Waals surface area contributed by atoms with Crippen LogP contribution >= 0.6 is 11.8 Å². The molecule has 0 amide bonds. The largest absolute Gasteiger partial charge is 0.491 e. The quantitative estimate of drug-likeness (QED) is 0.570. The second kappa shape index (κ2) is 11.6. The summed E-state index contributed by atoms with van der Waals surface area (Å²) in [6.45, 7) is 2.73. The first-order valence-electron chi connectivity index (χ1n) is 9.03. The smallest absolute Gasteiger partial charge is 0.124 e. The van der Waals surface area contributed by atoms with Crippen LogP contribution in [-0.4, -0.2) is 36.2 Å². The van der Waals surface area contributed by atoms with Crippen LogP contribution in [0.15, 0.2) is 53.4 Å². The second-order valence-corrected chi connectivity index (χ2v) is 7.38. The molecule has 2 aromatic rings. The number of hydrogen-bond acceptors (Lipinski definition) is 5. The lowest BCUT2D eigenvalue weighted by atomic mass is 10.1. The molecule has 0 bridgehead atoms. The second-order valence-electron chi connectivity index (χ2n) is 6.21. The highest BCUT2D eigenvalue weighted by molar-refractivity contribution is 7.99. The van der Waals surface area contributed by atoms with Crippen molar-refractivity contribution in [3.63, 3.8) is 0 Å². The van der Waals surface area contributed by atoms with Gasteiger partial charge in [0.25, 0.3) is 0 Å². The Labute approximate surface area is 164 Å². The number of aliphatic hydroxyl groups excluding tert-OH is 1. The van der Waals surface area contributed by atoms with E-state index in [0.29, 0.717) is 17.9 Å². The molecule has 0 saturated heterocycles. The van der Waals surface area contributed by atoms with Crippen LogP contribution in [-0.2, 0) is 0 Å². The predicted molar refractivity (Wildman–Crippen MR) is 106 cm³/mol. The van der Waals surface area contributed by atoms with Crippen LogP contribution in [0, 0.1) is 17.1 Å². The number of nitriles is 1. The monoisotopic (exact) mass is 388 g/mol. The first-order valence-corrected chi connectivity index (χ1v) is 10.0. The number of rotatable bonds is 11. The Bertz CT molecular complexity index is 734. The minimum atomic E-state index is -0.620. The summed E-state index contributed by atoms with van der Waals surface area (Å²) >= 11 is 1.63. The summed E-state index contributed by atoms with van der Waals surface area (Å²) < 4.78 is 18.7. The van der Waals surface area contributed by atoms with E-state index in [4.69, 9.17) is 10.00 Å². The molecule has 2 unspecified atom stereocenters. The van der Waals surface area contributed by atoms with Crippen molar-refractivity contribution in [1.82, 2.24) is 5.32 Å². The third-order valence-electron chi connectivity index (χ3n) is 4.09. The average Bonchev–Trinajstić information content (AvgIpc) is 2.69. The maximum atomic E-state index is 13.2. The van der Waals surface area contributed by atoms with Gasteiger partial charge in [0.15, 0.2) is 0 Å². The fourth-order valence-electron chi connectivity index (χ4n) is 2.51. The highest BCUT2D eigenvalue weighted by Crippen LogP contribution is 2.20. The minimum absolute atomic E-state index is 0.188. The minimum Gasteiger partial charge on any atom is -0.491 e. The predicted octanol–water partition coefficient (Wildman–Crippen LogP) is 3.99. The van der Waals surface area contributed by atoms with Gasteiger partial charge in [-0.2, -0.15) is 5.26 Å².